The molecule has 3 nitrogen and oxygen atoms in total. The molecule has 2 aliphatic heterocycles. The summed E-state index contributed by atoms with van der Waals surface area (Å²) in [6.07, 6.45) is 3.36. The summed E-state index contributed by atoms with van der Waals surface area (Å²) < 4.78 is 2.24. The first-order valence-electron chi connectivity index (χ1n) is 9.27. The van der Waals surface area contributed by atoms with E-state index in [1.54, 1.807) is 0 Å². The van der Waals surface area contributed by atoms with Gasteiger partial charge in [0.25, 0.3) is 11.6 Å². The molecule has 2 heterocycles. The number of rotatable bonds is 2. The molecular weight excluding hydrogens is 308 g/mol. The van der Waals surface area contributed by atoms with Gasteiger partial charge >= 0.3 is 0 Å². The van der Waals surface area contributed by atoms with Crippen LogP contribution in [0.5, 0.6) is 0 Å². The van der Waals surface area contributed by atoms with E-state index in [0.29, 0.717) is 6.54 Å². The first kappa shape index (κ1) is 16.3. The summed E-state index contributed by atoms with van der Waals surface area (Å²) in [5.41, 5.74) is 5.01. The van der Waals surface area contributed by atoms with E-state index in [2.05, 4.69) is 72.7 Å². The number of hydrogen-bond acceptors (Lipinski definition) is 2. The second-order valence-corrected chi connectivity index (χ2v) is 7.58. The first-order valence-corrected chi connectivity index (χ1v) is 9.27. The van der Waals surface area contributed by atoms with E-state index in [9.17, 15) is 5.11 Å². The first-order chi connectivity index (χ1) is 12.0. The van der Waals surface area contributed by atoms with Crippen molar-refractivity contribution in [1.82, 2.24) is 0 Å². The van der Waals surface area contributed by atoms with Crippen LogP contribution in [0.15, 0.2) is 42.5 Å². The molecule has 1 atom stereocenters. The van der Waals surface area contributed by atoms with Crippen LogP contribution < -0.4 is 4.90 Å². The highest BCUT2D eigenvalue weighted by Crippen LogP contribution is 2.37. The summed E-state index contributed by atoms with van der Waals surface area (Å²) in [5, 5.41) is 11.7. The second kappa shape index (κ2) is 5.99. The van der Waals surface area contributed by atoms with Gasteiger partial charge in [-0.1, -0.05) is 42.0 Å². The predicted octanol–water partition coefficient (Wildman–Crippen LogP) is 3.87. The van der Waals surface area contributed by atoms with Crippen molar-refractivity contribution in [2.24, 2.45) is 0 Å². The molecule has 0 bridgehead atoms. The molecule has 0 saturated carbocycles. The minimum atomic E-state index is -0.945. The van der Waals surface area contributed by atoms with E-state index in [4.69, 9.17) is 0 Å². The van der Waals surface area contributed by atoms with Gasteiger partial charge in [-0.15, -0.1) is 0 Å². The third kappa shape index (κ3) is 2.67. The van der Waals surface area contributed by atoms with Gasteiger partial charge in [-0.2, -0.15) is 0 Å². The molecule has 0 saturated heterocycles. The monoisotopic (exact) mass is 335 g/mol. The lowest BCUT2D eigenvalue weighted by Gasteiger charge is -2.24. The predicted molar refractivity (Wildman–Crippen MR) is 102 cm³/mol. The SMILES string of the molecule is Cc1ccc([C@@]2(O)CN(c3cc(C)ccc3C)C3=[N+]2CCCC3)cc1. The topological polar surface area (TPSA) is 26.5 Å². The number of aliphatic hydroxyl groups is 1. The molecule has 0 spiro atoms. The Morgan fingerprint density at radius 3 is 2.44 bits per heavy atom. The van der Waals surface area contributed by atoms with E-state index in [1.165, 1.54) is 34.6 Å². The summed E-state index contributed by atoms with van der Waals surface area (Å²) in [6.45, 7) is 7.89. The molecule has 3 heteroatoms. The maximum Gasteiger partial charge on any atom is 0.271 e. The molecule has 0 fully saturated rings. The third-order valence-corrected chi connectivity index (χ3v) is 5.65. The Labute approximate surface area is 150 Å². The van der Waals surface area contributed by atoms with Crippen LogP contribution in [-0.4, -0.2) is 28.6 Å². The van der Waals surface area contributed by atoms with E-state index in [-0.39, 0.29) is 0 Å². The Bertz CT molecular complexity index is 838. The quantitative estimate of drug-likeness (QED) is 0.843. The standard InChI is InChI=1S/C22H27N2O/c1-16-8-11-19(12-9-16)22(25)15-23(21-6-4-5-13-24(21)22)20-14-17(2)7-10-18(20)3/h7-12,14,25H,4-6,13,15H2,1-3H3/q+1/t22-/m0/s1. The summed E-state index contributed by atoms with van der Waals surface area (Å²) in [7, 11) is 0. The van der Waals surface area contributed by atoms with Gasteiger partial charge in [0.2, 0.25) is 0 Å². The lowest BCUT2D eigenvalue weighted by Crippen LogP contribution is -2.41. The fourth-order valence-electron chi connectivity index (χ4n) is 4.20. The number of anilines is 1. The number of β-amino-alcohol motifs (C(OH)–C–C–N with tert-alkyl or cyclic N) is 1. The van der Waals surface area contributed by atoms with E-state index in [0.717, 1.165) is 24.9 Å². The highest BCUT2D eigenvalue weighted by atomic mass is 16.3. The maximum absolute atomic E-state index is 11.7. The van der Waals surface area contributed by atoms with Crippen LogP contribution in [0.4, 0.5) is 5.69 Å². The minimum Gasteiger partial charge on any atom is -0.346 e. The number of nitrogens with zero attached hydrogens (tertiary/aromatic N) is 2. The molecule has 0 aliphatic carbocycles. The molecule has 2 aliphatic rings. The number of amidine groups is 1. The van der Waals surface area contributed by atoms with Crippen molar-refractivity contribution in [3.63, 3.8) is 0 Å². The van der Waals surface area contributed by atoms with Crippen LogP contribution in [0.3, 0.4) is 0 Å². The van der Waals surface area contributed by atoms with Crippen molar-refractivity contribution >= 4 is 11.5 Å². The van der Waals surface area contributed by atoms with Crippen molar-refractivity contribution in [1.29, 1.82) is 0 Å². The highest BCUT2D eigenvalue weighted by molar-refractivity contribution is 5.96. The Morgan fingerprint density at radius 1 is 0.960 bits per heavy atom. The summed E-state index contributed by atoms with van der Waals surface area (Å²) in [4.78, 5) is 2.35. The van der Waals surface area contributed by atoms with E-state index >= 15 is 0 Å². The van der Waals surface area contributed by atoms with Crippen LogP contribution >= 0.6 is 0 Å². The Morgan fingerprint density at radius 2 is 1.68 bits per heavy atom. The maximum atomic E-state index is 11.7. The van der Waals surface area contributed by atoms with Crippen LogP contribution in [0, 0.1) is 20.8 Å². The van der Waals surface area contributed by atoms with Gasteiger partial charge in [0.05, 0.1) is 6.54 Å². The third-order valence-electron chi connectivity index (χ3n) is 5.65. The number of hydrogen-bond donors (Lipinski definition) is 1. The van der Waals surface area contributed by atoms with Gasteiger partial charge in [-0.25, -0.2) is 9.48 Å². The van der Waals surface area contributed by atoms with E-state index in [1.807, 2.05) is 0 Å². The Balaban J connectivity index is 1.83. The van der Waals surface area contributed by atoms with Crippen molar-refractivity contribution in [3.05, 3.63) is 64.7 Å². The molecule has 0 aromatic heterocycles. The molecule has 4 rings (SSSR count). The van der Waals surface area contributed by atoms with Crippen molar-refractivity contribution in [3.8, 4) is 0 Å². The minimum absolute atomic E-state index is 0.593. The van der Waals surface area contributed by atoms with Crippen LogP contribution in [0.25, 0.3) is 0 Å². The van der Waals surface area contributed by atoms with Crippen molar-refractivity contribution in [2.75, 3.05) is 18.0 Å². The van der Waals surface area contributed by atoms with Crippen LogP contribution in [0.2, 0.25) is 0 Å². The fraction of sp³-hybridized carbons (Fsp3) is 0.409. The second-order valence-electron chi connectivity index (χ2n) is 7.58. The van der Waals surface area contributed by atoms with Gasteiger partial charge in [-0.3, -0.25) is 0 Å². The largest absolute Gasteiger partial charge is 0.346 e. The van der Waals surface area contributed by atoms with Crippen LogP contribution in [0.1, 0.15) is 41.5 Å². The number of aryl methyl sites for hydroxylation is 3. The lowest BCUT2D eigenvalue weighted by molar-refractivity contribution is -0.661. The lowest BCUT2D eigenvalue weighted by atomic mass is 10.00. The molecule has 0 radical (unpaired) electrons. The summed E-state index contributed by atoms with van der Waals surface area (Å²) in [6, 6.07) is 14.9. The molecule has 2 aromatic carbocycles. The molecule has 130 valence electrons. The zero-order valence-electron chi connectivity index (χ0n) is 15.4. The van der Waals surface area contributed by atoms with E-state index < -0.39 is 5.72 Å². The molecular formula is C22H27N2O+. The zero-order valence-corrected chi connectivity index (χ0v) is 15.4. The summed E-state index contributed by atoms with van der Waals surface area (Å²) >= 11 is 0. The molecule has 2 aromatic rings. The van der Waals surface area contributed by atoms with Gasteiger partial charge in [0.1, 0.15) is 5.69 Å². The van der Waals surface area contributed by atoms with Gasteiger partial charge < -0.3 is 5.11 Å². The smallest absolute Gasteiger partial charge is 0.271 e. The molecule has 0 amide bonds. The van der Waals surface area contributed by atoms with Gasteiger partial charge in [-0.05, 0) is 50.8 Å². The zero-order chi connectivity index (χ0) is 17.6. The average Bonchev–Trinajstić information content (AvgIpc) is 2.92. The van der Waals surface area contributed by atoms with Gasteiger partial charge in [0, 0.05) is 12.0 Å². The highest BCUT2D eigenvalue weighted by Gasteiger charge is 2.52. The normalized spacial score (nSPS) is 23.1. The molecule has 1 N–H and O–H groups in total. The van der Waals surface area contributed by atoms with Crippen molar-refractivity contribution in [2.45, 2.75) is 45.8 Å². The van der Waals surface area contributed by atoms with Crippen molar-refractivity contribution < 1.29 is 9.68 Å². The van der Waals surface area contributed by atoms with Gasteiger partial charge in [0.15, 0.2) is 6.54 Å². The fourth-order valence-corrected chi connectivity index (χ4v) is 4.20. The number of benzene rings is 2. The molecule has 25 heavy (non-hydrogen) atoms. The molecule has 0 unspecified atom stereocenters. The summed E-state index contributed by atoms with van der Waals surface area (Å²) in [5.74, 6) is 1.27. The Hall–Kier alpha value is -2.13. The van der Waals surface area contributed by atoms with Crippen LogP contribution in [-0.2, 0) is 5.72 Å². The Kier molecular flexibility index (Phi) is 3.92. The average molecular weight is 335 g/mol.